The number of sulfonamides is 1. The molecule has 2 N–H and O–H groups in total. The predicted molar refractivity (Wildman–Crippen MR) is 132 cm³/mol. The van der Waals surface area contributed by atoms with Crippen LogP contribution in [0.5, 0.6) is 5.75 Å². The summed E-state index contributed by atoms with van der Waals surface area (Å²) in [7, 11) is -2.75. The van der Waals surface area contributed by atoms with Crippen molar-refractivity contribution in [3.8, 4) is 16.2 Å². The Morgan fingerprint density at radius 2 is 1.91 bits per heavy atom. The fourth-order valence-corrected chi connectivity index (χ4v) is 6.41. The summed E-state index contributed by atoms with van der Waals surface area (Å²) in [5.74, 6) is -0.610. The van der Waals surface area contributed by atoms with Gasteiger partial charge >= 0.3 is 0 Å². The van der Waals surface area contributed by atoms with Crippen LogP contribution in [0.1, 0.15) is 37.8 Å². The Morgan fingerprint density at radius 3 is 2.61 bits per heavy atom. The fourth-order valence-electron chi connectivity index (χ4n) is 3.95. The standard InChI is InChI=1S/C23H25ClFN3O3S2/c1-14-22(32-23(26-14)27-17-6-4-3-5-7-17)15-8-11-20(31-2)21(12-15)33(29,30)28-19-10-9-16(24)13-18(19)25/h8-13,17,28H,3-7H2,1-2H3,(H,26,27). The Balaban J connectivity index is 1.65. The van der Waals surface area contributed by atoms with Crippen LogP contribution in [0.15, 0.2) is 41.3 Å². The molecule has 0 bridgehead atoms. The van der Waals surface area contributed by atoms with Crippen molar-refractivity contribution in [3.05, 3.63) is 52.9 Å². The summed E-state index contributed by atoms with van der Waals surface area (Å²) in [6.07, 6.45) is 5.97. The summed E-state index contributed by atoms with van der Waals surface area (Å²) < 4.78 is 48.1. The van der Waals surface area contributed by atoms with Crippen LogP contribution in [0, 0.1) is 12.7 Å². The Bertz CT molecular complexity index is 1260. The average molecular weight is 510 g/mol. The van der Waals surface area contributed by atoms with Crippen molar-refractivity contribution in [2.45, 2.75) is 50.0 Å². The van der Waals surface area contributed by atoms with Crippen LogP contribution in [0.4, 0.5) is 15.2 Å². The molecule has 0 aliphatic heterocycles. The zero-order chi connectivity index (χ0) is 23.6. The number of hydrogen-bond acceptors (Lipinski definition) is 6. The van der Waals surface area contributed by atoms with E-state index >= 15 is 0 Å². The van der Waals surface area contributed by atoms with E-state index in [9.17, 15) is 12.8 Å². The number of nitrogens with zero attached hydrogens (tertiary/aromatic N) is 1. The van der Waals surface area contributed by atoms with E-state index in [0.717, 1.165) is 34.6 Å². The molecule has 1 saturated carbocycles. The molecule has 33 heavy (non-hydrogen) atoms. The Morgan fingerprint density at radius 1 is 1.15 bits per heavy atom. The third-order valence-corrected chi connectivity index (χ3v) is 8.38. The van der Waals surface area contributed by atoms with Gasteiger partial charge in [0.05, 0.1) is 23.4 Å². The molecule has 0 unspecified atom stereocenters. The summed E-state index contributed by atoms with van der Waals surface area (Å²) in [6, 6.07) is 9.08. The van der Waals surface area contributed by atoms with E-state index in [0.29, 0.717) is 11.6 Å². The molecule has 10 heteroatoms. The van der Waals surface area contributed by atoms with Crippen molar-refractivity contribution in [1.82, 2.24) is 4.98 Å². The molecule has 4 rings (SSSR count). The van der Waals surface area contributed by atoms with Gasteiger partial charge in [0, 0.05) is 11.1 Å². The van der Waals surface area contributed by atoms with Crippen LogP contribution < -0.4 is 14.8 Å². The van der Waals surface area contributed by atoms with Crippen molar-refractivity contribution in [3.63, 3.8) is 0 Å². The highest BCUT2D eigenvalue weighted by Gasteiger charge is 2.24. The monoisotopic (exact) mass is 509 g/mol. The van der Waals surface area contributed by atoms with Crippen LogP contribution in [0.2, 0.25) is 5.02 Å². The summed E-state index contributed by atoms with van der Waals surface area (Å²) in [6.45, 7) is 1.90. The van der Waals surface area contributed by atoms with Crippen LogP contribution in [-0.4, -0.2) is 26.6 Å². The summed E-state index contributed by atoms with van der Waals surface area (Å²) in [5, 5.41) is 4.53. The topological polar surface area (TPSA) is 80.3 Å². The molecule has 0 amide bonds. The first-order chi connectivity index (χ1) is 15.8. The minimum Gasteiger partial charge on any atom is -0.495 e. The number of hydrogen-bond donors (Lipinski definition) is 2. The van der Waals surface area contributed by atoms with E-state index in [1.807, 2.05) is 6.92 Å². The van der Waals surface area contributed by atoms with Gasteiger partial charge in [-0.05, 0) is 61.7 Å². The van der Waals surface area contributed by atoms with Crippen molar-refractivity contribution < 1.29 is 17.5 Å². The van der Waals surface area contributed by atoms with Gasteiger partial charge in [-0.1, -0.05) is 42.2 Å². The lowest BCUT2D eigenvalue weighted by Crippen LogP contribution is -2.21. The highest BCUT2D eigenvalue weighted by molar-refractivity contribution is 7.92. The number of nitrogens with one attached hydrogen (secondary N) is 2. The van der Waals surface area contributed by atoms with Gasteiger partial charge in [0.2, 0.25) is 0 Å². The van der Waals surface area contributed by atoms with Crippen LogP contribution >= 0.6 is 22.9 Å². The second-order valence-electron chi connectivity index (χ2n) is 8.01. The number of aryl methyl sites for hydroxylation is 1. The summed E-state index contributed by atoms with van der Waals surface area (Å²) in [4.78, 5) is 5.43. The number of halogens is 2. The van der Waals surface area contributed by atoms with Gasteiger partial charge in [-0.25, -0.2) is 17.8 Å². The molecule has 3 aromatic rings. The molecule has 0 atom stereocenters. The number of aromatic nitrogens is 1. The number of ether oxygens (including phenoxy) is 1. The minimum absolute atomic E-state index is 0.0913. The van der Waals surface area contributed by atoms with Crippen molar-refractivity contribution in [2.24, 2.45) is 0 Å². The first kappa shape index (κ1) is 23.8. The van der Waals surface area contributed by atoms with Crippen LogP contribution in [0.3, 0.4) is 0 Å². The summed E-state index contributed by atoms with van der Waals surface area (Å²) in [5.41, 5.74) is 1.31. The summed E-state index contributed by atoms with van der Waals surface area (Å²) >= 11 is 7.27. The van der Waals surface area contributed by atoms with Crippen LogP contribution in [0.25, 0.3) is 10.4 Å². The molecule has 0 radical (unpaired) electrons. The first-order valence-electron chi connectivity index (χ1n) is 10.7. The third-order valence-electron chi connectivity index (χ3n) is 5.62. The Kier molecular flexibility index (Phi) is 7.11. The lowest BCUT2D eigenvalue weighted by atomic mass is 9.96. The van der Waals surface area contributed by atoms with E-state index in [4.69, 9.17) is 16.3 Å². The minimum atomic E-state index is -4.14. The molecule has 2 aromatic carbocycles. The van der Waals surface area contributed by atoms with Crippen molar-refractivity contribution in [1.29, 1.82) is 0 Å². The highest BCUT2D eigenvalue weighted by Crippen LogP contribution is 2.38. The fraction of sp³-hybridized carbons (Fsp3) is 0.348. The van der Waals surface area contributed by atoms with E-state index < -0.39 is 15.8 Å². The van der Waals surface area contributed by atoms with Gasteiger partial charge in [-0.3, -0.25) is 4.72 Å². The molecule has 6 nitrogen and oxygen atoms in total. The first-order valence-corrected chi connectivity index (χ1v) is 13.3. The van der Waals surface area contributed by atoms with Crippen molar-refractivity contribution in [2.75, 3.05) is 17.1 Å². The Hall–Kier alpha value is -2.36. The molecule has 176 valence electrons. The lowest BCUT2D eigenvalue weighted by molar-refractivity contribution is 0.403. The average Bonchev–Trinajstić information content (AvgIpc) is 3.15. The number of benzene rings is 2. The van der Waals surface area contributed by atoms with Gasteiger partial charge in [0.25, 0.3) is 10.0 Å². The van der Waals surface area contributed by atoms with Crippen LogP contribution in [-0.2, 0) is 10.0 Å². The molecule has 1 aromatic heterocycles. The van der Waals surface area contributed by atoms with E-state index in [-0.39, 0.29) is 21.4 Å². The van der Waals surface area contributed by atoms with E-state index in [2.05, 4.69) is 15.0 Å². The molecule has 0 spiro atoms. The molecule has 1 fully saturated rings. The normalized spacial score (nSPS) is 14.8. The molecule has 1 aliphatic rings. The number of rotatable bonds is 7. The van der Waals surface area contributed by atoms with Crippen molar-refractivity contribution >= 4 is 43.8 Å². The second-order valence-corrected chi connectivity index (χ2v) is 11.1. The molecular formula is C23H25ClFN3O3S2. The number of thiazole rings is 1. The maximum atomic E-state index is 14.2. The zero-order valence-electron chi connectivity index (χ0n) is 18.3. The Labute approximate surface area is 202 Å². The van der Waals surface area contributed by atoms with Gasteiger partial charge in [-0.15, -0.1) is 0 Å². The zero-order valence-corrected chi connectivity index (χ0v) is 20.7. The molecular weight excluding hydrogens is 485 g/mol. The highest BCUT2D eigenvalue weighted by atomic mass is 35.5. The third kappa shape index (κ3) is 5.42. The molecule has 1 heterocycles. The number of anilines is 2. The van der Waals surface area contributed by atoms with E-state index in [1.54, 1.807) is 12.1 Å². The second kappa shape index (κ2) is 9.87. The molecule has 0 saturated heterocycles. The maximum absolute atomic E-state index is 14.2. The van der Waals surface area contributed by atoms with Gasteiger partial charge in [0.15, 0.2) is 5.13 Å². The van der Waals surface area contributed by atoms with Gasteiger partial charge in [0.1, 0.15) is 16.5 Å². The smallest absolute Gasteiger partial charge is 0.265 e. The predicted octanol–water partition coefficient (Wildman–Crippen LogP) is 6.47. The lowest BCUT2D eigenvalue weighted by Gasteiger charge is -2.22. The quantitative estimate of drug-likeness (QED) is 0.381. The number of methoxy groups -OCH3 is 1. The maximum Gasteiger partial charge on any atom is 0.265 e. The van der Waals surface area contributed by atoms with E-state index in [1.165, 1.54) is 55.9 Å². The molecule has 1 aliphatic carbocycles. The largest absolute Gasteiger partial charge is 0.495 e. The van der Waals surface area contributed by atoms with Gasteiger partial charge in [-0.2, -0.15) is 0 Å². The SMILES string of the molecule is COc1ccc(-c2sc(NC3CCCCC3)nc2C)cc1S(=O)(=O)Nc1ccc(Cl)cc1F. The van der Waals surface area contributed by atoms with Gasteiger partial charge < -0.3 is 10.1 Å².